The molecule has 2 rings (SSSR count). The molecule has 6 heteroatoms. The number of para-hydroxylation sites is 1. The number of ether oxygens (including phenoxy) is 2. The molecule has 0 saturated carbocycles. The lowest BCUT2D eigenvalue weighted by molar-refractivity contribution is 0.318. The zero-order chi connectivity index (χ0) is 19.5. The topological polar surface area (TPSA) is 75.1 Å². The summed E-state index contributed by atoms with van der Waals surface area (Å²) in [4.78, 5) is 4.61. The molecule has 0 radical (unpaired) electrons. The molecule has 0 heterocycles. The van der Waals surface area contributed by atoms with Gasteiger partial charge in [0.05, 0.1) is 20.3 Å². The average Bonchev–Trinajstić information content (AvgIpc) is 2.69. The van der Waals surface area contributed by atoms with E-state index in [0.717, 1.165) is 42.3 Å². The highest BCUT2D eigenvalue weighted by atomic mass is 16.5. The zero-order valence-corrected chi connectivity index (χ0v) is 16.3. The highest BCUT2D eigenvalue weighted by Gasteiger charge is 2.05. The van der Waals surface area contributed by atoms with E-state index in [0.29, 0.717) is 18.9 Å². The van der Waals surface area contributed by atoms with E-state index in [1.165, 1.54) is 0 Å². The summed E-state index contributed by atoms with van der Waals surface area (Å²) in [5.74, 6) is 2.28. The molecular formula is C21H29N3O3. The van der Waals surface area contributed by atoms with Gasteiger partial charge in [0.1, 0.15) is 5.75 Å². The van der Waals surface area contributed by atoms with Gasteiger partial charge in [0, 0.05) is 13.1 Å². The first-order valence-electron chi connectivity index (χ1n) is 9.26. The predicted octanol–water partition coefficient (Wildman–Crippen LogP) is 3.10. The number of hydrogen-bond acceptors (Lipinski definition) is 4. The van der Waals surface area contributed by atoms with Crippen LogP contribution in [0.5, 0.6) is 17.2 Å². The Bertz CT molecular complexity index is 747. The van der Waals surface area contributed by atoms with Gasteiger partial charge >= 0.3 is 0 Å². The molecule has 0 unspecified atom stereocenters. The lowest BCUT2D eigenvalue weighted by atomic mass is 10.1. The number of phenols is 1. The van der Waals surface area contributed by atoms with Gasteiger partial charge in [0.25, 0.3) is 0 Å². The Morgan fingerprint density at radius 2 is 1.89 bits per heavy atom. The second-order valence-electron chi connectivity index (χ2n) is 5.92. The monoisotopic (exact) mass is 371 g/mol. The van der Waals surface area contributed by atoms with Crippen LogP contribution in [-0.2, 0) is 13.0 Å². The summed E-state index contributed by atoms with van der Waals surface area (Å²) >= 11 is 0. The van der Waals surface area contributed by atoms with E-state index in [9.17, 15) is 5.11 Å². The van der Waals surface area contributed by atoms with Crippen LogP contribution in [0.2, 0.25) is 0 Å². The van der Waals surface area contributed by atoms with Crippen molar-refractivity contribution in [1.29, 1.82) is 0 Å². The first-order valence-corrected chi connectivity index (χ1v) is 9.26. The number of methoxy groups -OCH3 is 1. The number of nitrogens with zero attached hydrogens (tertiary/aromatic N) is 1. The fourth-order valence-corrected chi connectivity index (χ4v) is 2.67. The molecular weight excluding hydrogens is 342 g/mol. The molecule has 27 heavy (non-hydrogen) atoms. The van der Waals surface area contributed by atoms with Gasteiger partial charge in [0.2, 0.25) is 0 Å². The Morgan fingerprint density at radius 1 is 1.07 bits per heavy atom. The number of aliphatic imine (C=N–C) groups is 1. The summed E-state index contributed by atoms with van der Waals surface area (Å²) in [5.41, 5.74) is 2.13. The Labute approximate surface area is 161 Å². The molecule has 146 valence electrons. The second-order valence-corrected chi connectivity index (χ2v) is 5.92. The fourth-order valence-electron chi connectivity index (χ4n) is 2.67. The number of hydrogen-bond donors (Lipinski definition) is 3. The van der Waals surface area contributed by atoms with Gasteiger partial charge in [0.15, 0.2) is 17.5 Å². The summed E-state index contributed by atoms with van der Waals surface area (Å²) in [7, 11) is 1.69. The van der Waals surface area contributed by atoms with Crippen LogP contribution in [0.4, 0.5) is 0 Å². The molecule has 0 fully saturated rings. The maximum atomic E-state index is 9.80. The van der Waals surface area contributed by atoms with Gasteiger partial charge in [-0.2, -0.15) is 0 Å². The molecule has 0 aliphatic carbocycles. The van der Waals surface area contributed by atoms with Gasteiger partial charge in [-0.3, -0.25) is 0 Å². The van der Waals surface area contributed by atoms with Gasteiger partial charge in [-0.05, 0) is 49.6 Å². The van der Waals surface area contributed by atoms with Gasteiger partial charge in [-0.1, -0.05) is 24.3 Å². The van der Waals surface area contributed by atoms with Crippen LogP contribution < -0.4 is 20.1 Å². The van der Waals surface area contributed by atoms with Crippen LogP contribution in [0, 0.1) is 0 Å². The third-order valence-corrected chi connectivity index (χ3v) is 3.97. The van der Waals surface area contributed by atoms with E-state index < -0.39 is 0 Å². The quantitative estimate of drug-likeness (QED) is 0.466. The van der Waals surface area contributed by atoms with Crippen molar-refractivity contribution in [1.82, 2.24) is 10.6 Å². The van der Waals surface area contributed by atoms with Gasteiger partial charge < -0.3 is 25.2 Å². The number of guanidine groups is 1. The summed E-state index contributed by atoms with van der Waals surface area (Å²) in [6.45, 7) is 6.44. The lowest BCUT2D eigenvalue weighted by Gasteiger charge is -2.13. The second kappa shape index (κ2) is 11.0. The van der Waals surface area contributed by atoms with Crippen molar-refractivity contribution in [3.05, 3.63) is 53.6 Å². The Kier molecular flexibility index (Phi) is 8.29. The summed E-state index contributed by atoms with van der Waals surface area (Å²) < 4.78 is 10.8. The van der Waals surface area contributed by atoms with Crippen molar-refractivity contribution < 1.29 is 14.6 Å². The molecule has 0 amide bonds. The van der Waals surface area contributed by atoms with Crippen molar-refractivity contribution in [3.63, 3.8) is 0 Å². The number of aromatic hydroxyl groups is 1. The highest BCUT2D eigenvalue weighted by molar-refractivity contribution is 5.79. The van der Waals surface area contributed by atoms with Crippen molar-refractivity contribution in [2.75, 3.05) is 26.8 Å². The number of phenolic OH excluding ortho intramolecular Hbond substituents is 1. The molecule has 2 aromatic carbocycles. The minimum Gasteiger partial charge on any atom is -0.504 e. The third-order valence-electron chi connectivity index (χ3n) is 3.97. The van der Waals surface area contributed by atoms with E-state index in [1.54, 1.807) is 13.2 Å². The third kappa shape index (κ3) is 6.40. The number of nitrogens with one attached hydrogen (secondary N) is 2. The van der Waals surface area contributed by atoms with E-state index in [4.69, 9.17) is 9.47 Å². The van der Waals surface area contributed by atoms with Crippen molar-refractivity contribution in [2.24, 2.45) is 4.99 Å². The highest BCUT2D eigenvalue weighted by Crippen LogP contribution is 2.27. The van der Waals surface area contributed by atoms with E-state index in [2.05, 4.69) is 21.7 Å². The first-order chi connectivity index (χ1) is 13.2. The molecule has 3 N–H and O–H groups in total. The van der Waals surface area contributed by atoms with Gasteiger partial charge in [-0.25, -0.2) is 4.99 Å². The zero-order valence-electron chi connectivity index (χ0n) is 16.3. The van der Waals surface area contributed by atoms with Crippen LogP contribution in [0.3, 0.4) is 0 Å². The number of benzene rings is 2. The van der Waals surface area contributed by atoms with E-state index >= 15 is 0 Å². The normalized spacial score (nSPS) is 11.1. The Morgan fingerprint density at radius 3 is 2.63 bits per heavy atom. The average molecular weight is 371 g/mol. The molecule has 0 saturated heterocycles. The summed E-state index contributed by atoms with van der Waals surface area (Å²) in [6.07, 6.45) is 0.835. The molecule has 6 nitrogen and oxygen atoms in total. The smallest absolute Gasteiger partial charge is 0.191 e. The summed E-state index contributed by atoms with van der Waals surface area (Å²) in [5, 5.41) is 16.4. The SMILES string of the molecule is CCNC(=NCc1ccc(O)c(OCC)c1)NCCc1ccccc1OC. The molecule has 0 aliphatic rings. The largest absolute Gasteiger partial charge is 0.504 e. The van der Waals surface area contributed by atoms with Crippen molar-refractivity contribution >= 4 is 5.96 Å². The molecule has 0 aliphatic heterocycles. The number of rotatable bonds is 9. The minimum absolute atomic E-state index is 0.145. The van der Waals surface area contributed by atoms with Crippen molar-refractivity contribution in [3.8, 4) is 17.2 Å². The van der Waals surface area contributed by atoms with Crippen LogP contribution >= 0.6 is 0 Å². The van der Waals surface area contributed by atoms with Crippen LogP contribution in [0.15, 0.2) is 47.5 Å². The first kappa shape index (κ1) is 20.4. The summed E-state index contributed by atoms with van der Waals surface area (Å²) in [6, 6.07) is 13.3. The maximum Gasteiger partial charge on any atom is 0.191 e. The molecule has 0 aromatic heterocycles. The molecule has 2 aromatic rings. The predicted molar refractivity (Wildman–Crippen MR) is 109 cm³/mol. The van der Waals surface area contributed by atoms with Crippen molar-refractivity contribution in [2.45, 2.75) is 26.8 Å². The minimum atomic E-state index is 0.145. The molecule has 0 spiro atoms. The fraction of sp³-hybridized carbons (Fsp3) is 0.381. The van der Waals surface area contributed by atoms with Gasteiger partial charge in [-0.15, -0.1) is 0 Å². The van der Waals surface area contributed by atoms with Crippen LogP contribution in [0.25, 0.3) is 0 Å². The lowest BCUT2D eigenvalue weighted by Crippen LogP contribution is -2.38. The maximum absolute atomic E-state index is 9.80. The Balaban J connectivity index is 1.96. The molecule has 0 atom stereocenters. The van der Waals surface area contributed by atoms with Crippen LogP contribution in [-0.4, -0.2) is 37.9 Å². The van der Waals surface area contributed by atoms with E-state index in [-0.39, 0.29) is 5.75 Å². The molecule has 0 bridgehead atoms. The van der Waals surface area contributed by atoms with E-state index in [1.807, 2.05) is 44.2 Å². The standard InChI is InChI=1S/C21H29N3O3/c1-4-22-21(23-13-12-17-8-6-7-9-19(17)26-3)24-15-16-10-11-18(25)20(14-16)27-5-2/h6-11,14,25H,4-5,12-13,15H2,1-3H3,(H2,22,23,24). The van der Waals surface area contributed by atoms with Crippen LogP contribution in [0.1, 0.15) is 25.0 Å². The Hall–Kier alpha value is -2.89.